The van der Waals surface area contributed by atoms with Crippen molar-refractivity contribution in [3.8, 4) is 18.1 Å². The predicted molar refractivity (Wildman–Crippen MR) is 98.4 cm³/mol. The first-order valence-electron chi connectivity index (χ1n) is 8.16. The van der Waals surface area contributed by atoms with Gasteiger partial charge in [-0.25, -0.2) is 0 Å². The fourth-order valence-corrected chi connectivity index (χ4v) is 2.87. The molecule has 0 spiro atoms. The summed E-state index contributed by atoms with van der Waals surface area (Å²) >= 11 is 6.29. The van der Waals surface area contributed by atoms with Gasteiger partial charge in [0.15, 0.2) is 0 Å². The van der Waals surface area contributed by atoms with E-state index in [9.17, 15) is 9.59 Å². The maximum atomic E-state index is 12.3. The number of hydrogen-bond acceptors (Lipinski definition) is 3. The van der Waals surface area contributed by atoms with Crippen molar-refractivity contribution >= 4 is 29.1 Å². The molecule has 2 amide bonds. The van der Waals surface area contributed by atoms with Crippen LogP contribution in [-0.4, -0.2) is 24.5 Å². The molecule has 1 aromatic rings. The Bertz CT molecular complexity index is 714. The van der Waals surface area contributed by atoms with E-state index in [0.717, 1.165) is 0 Å². The van der Waals surface area contributed by atoms with Crippen molar-refractivity contribution in [1.82, 2.24) is 0 Å². The summed E-state index contributed by atoms with van der Waals surface area (Å²) in [4.78, 5) is 25.6. The lowest BCUT2D eigenvalue weighted by atomic mass is 9.84. The summed E-state index contributed by atoms with van der Waals surface area (Å²) in [5.74, 6) is 1.90. The zero-order valence-corrected chi connectivity index (χ0v) is 15.5. The summed E-state index contributed by atoms with van der Waals surface area (Å²) < 4.78 is 5.69. The maximum absolute atomic E-state index is 12.3. The zero-order chi connectivity index (χ0) is 18.8. The van der Waals surface area contributed by atoms with Crippen molar-refractivity contribution in [1.29, 1.82) is 0 Å². The van der Waals surface area contributed by atoms with E-state index in [4.69, 9.17) is 28.5 Å². The van der Waals surface area contributed by atoms with Crippen LogP contribution < -0.4 is 15.4 Å². The van der Waals surface area contributed by atoms with Crippen molar-refractivity contribution in [2.45, 2.75) is 39.7 Å². The van der Waals surface area contributed by atoms with Crippen LogP contribution in [0.3, 0.4) is 0 Å². The molecule has 0 saturated heterocycles. The molecule has 5 nitrogen and oxygen atoms in total. The molecule has 1 aliphatic carbocycles. The number of amides is 2. The van der Waals surface area contributed by atoms with Gasteiger partial charge in [-0.15, -0.1) is 6.42 Å². The smallest absolute Gasteiger partial charge is 0.303 e. The number of nitrogens with zero attached hydrogens (tertiary/aromatic N) is 1. The average Bonchev–Trinajstić information content (AvgIpc) is 3.33. The van der Waals surface area contributed by atoms with Gasteiger partial charge in [0.05, 0.1) is 11.6 Å². The third-order valence-corrected chi connectivity index (χ3v) is 4.35. The van der Waals surface area contributed by atoms with Crippen LogP contribution >= 0.6 is 11.6 Å². The number of halogens is 1. The molecular formula is C19H23ClN2O3. The van der Waals surface area contributed by atoms with Crippen LogP contribution in [0, 0.1) is 23.7 Å². The number of ether oxygens (including phenoxy) is 1. The van der Waals surface area contributed by atoms with Gasteiger partial charge in [0.2, 0.25) is 5.91 Å². The van der Waals surface area contributed by atoms with E-state index in [0.29, 0.717) is 29.0 Å². The van der Waals surface area contributed by atoms with Crippen LogP contribution in [0.5, 0.6) is 5.75 Å². The third-order valence-electron chi connectivity index (χ3n) is 4.06. The van der Waals surface area contributed by atoms with E-state index in [1.165, 1.54) is 17.7 Å². The van der Waals surface area contributed by atoms with Crippen LogP contribution in [0.15, 0.2) is 18.2 Å². The summed E-state index contributed by atoms with van der Waals surface area (Å²) in [6.45, 7) is 6.06. The molecule has 2 N–H and O–H groups in total. The minimum atomic E-state index is -0.912. The minimum absolute atomic E-state index is 0.352. The van der Waals surface area contributed by atoms with Gasteiger partial charge in [-0.2, -0.15) is 0 Å². The molecule has 0 bridgehead atoms. The summed E-state index contributed by atoms with van der Waals surface area (Å²) in [6.07, 6.45) is 7.64. The van der Waals surface area contributed by atoms with Crippen LogP contribution in [0.4, 0.5) is 5.69 Å². The minimum Gasteiger partial charge on any atom is -0.492 e. The van der Waals surface area contributed by atoms with Gasteiger partial charge in [0, 0.05) is 5.69 Å². The molecule has 1 aromatic carbocycles. The number of primary amides is 1. The van der Waals surface area contributed by atoms with Crippen LogP contribution in [0.1, 0.15) is 33.6 Å². The second kappa shape index (κ2) is 7.37. The molecule has 6 heteroatoms. The number of terminal acetylenes is 1. The lowest BCUT2D eigenvalue weighted by Gasteiger charge is -2.37. The van der Waals surface area contributed by atoms with Crippen LogP contribution in [0.2, 0.25) is 5.02 Å². The Morgan fingerprint density at radius 3 is 2.52 bits per heavy atom. The Labute approximate surface area is 153 Å². The Hall–Kier alpha value is -2.19. The molecule has 2 rings (SSSR count). The highest BCUT2D eigenvalue weighted by Crippen LogP contribution is 2.35. The molecule has 0 aromatic heterocycles. The zero-order valence-electron chi connectivity index (χ0n) is 14.7. The van der Waals surface area contributed by atoms with Crippen molar-refractivity contribution in [2.75, 3.05) is 11.5 Å². The highest BCUT2D eigenvalue weighted by molar-refractivity contribution is 6.32. The Morgan fingerprint density at radius 2 is 2.08 bits per heavy atom. The second-order valence-electron chi connectivity index (χ2n) is 7.36. The Morgan fingerprint density at radius 1 is 1.44 bits per heavy atom. The number of nitrogens with two attached hydrogens (primary N) is 1. The molecule has 25 heavy (non-hydrogen) atoms. The standard InChI is InChI=1S/C19H23ClN2O3/c1-5-16(23)22(17(18(21)24)19(2,3)4)13-8-9-15(14(20)10-13)25-11-12-6-7-12/h1,8-10,12,17H,6-7,11H2,2-4H3,(H2,21,24). The fourth-order valence-electron chi connectivity index (χ4n) is 2.64. The normalized spacial score (nSPS) is 15.2. The molecule has 1 fully saturated rings. The lowest BCUT2D eigenvalue weighted by Crippen LogP contribution is -2.54. The van der Waals surface area contributed by atoms with E-state index in [-0.39, 0.29) is 0 Å². The summed E-state index contributed by atoms with van der Waals surface area (Å²) in [7, 11) is 0. The molecule has 0 heterocycles. The van der Waals surface area contributed by atoms with E-state index in [1.54, 1.807) is 18.2 Å². The van der Waals surface area contributed by atoms with Gasteiger partial charge in [-0.05, 0) is 48.3 Å². The molecule has 1 unspecified atom stereocenters. The van der Waals surface area contributed by atoms with Crippen molar-refractivity contribution in [2.24, 2.45) is 17.1 Å². The van der Waals surface area contributed by atoms with Crippen LogP contribution in [-0.2, 0) is 9.59 Å². The molecule has 0 aliphatic heterocycles. The van der Waals surface area contributed by atoms with Gasteiger partial charge in [-0.1, -0.05) is 32.4 Å². The quantitative estimate of drug-likeness (QED) is 0.790. The van der Waals surface area contributed by atoms with Gasteiger partial charge in [0.25, 0.3) is 0 Å². The maximum Gasteiger partial charge on any atom is 0.303 e. The molecule has 1 atom stereocenters. The van der Waals surface area contributed by atoms with E-state index < -0.39 is 23.3 Å². The molecule has 0 radical (unpaired) electrons. The number of hydrogen-bond donors (Lipinski definition) is 1. The average molecular weight is 363 g/mol. The first-order valence-corrected chi connectivity index (χ1v) is 8.54. The van der Waals surface area contributed by atoms with Gasteiger partial charge < -0.3 is 10.5 Å². The predicted octanol–water partition coefficient (Wildman–Crippen LogP) is 3.00. The number of rotatable bonds is 6. The Balaban J connectivity index is 2.37. The molecule has 1 saturated carbocycles. The highest BCUT2D eigenvalue weighted by atomic mass is 35.5. The van der Waals surface area contributed by atoms with E-state index >= 15 is 0 Å². The number of carbonyl (C=O) groups is 2. The van der Waals surface area contributed by atoms with Crippen molar-refractivity contribution in [3.63, 3.8) is 0 Å². The SMILES string of the molecule is C#CC(=O)N(c1ccc(OCC2CC2)c(Cl)c1)C(C(N)=O)C(C)(C)C. The van der Waals surface area contributed by atoms with Gasteiger partial charge in [-0.3, -0.25) is 14.5 Å². The number of carbonyl (C=O) groups excluding carboxylic acids is 2. The third kappa shape index (κ3) is 4.67. The summed E-state index contributed by atoms with van der Waals surface area (Å²) in [5, 5.41) is 0.352. The van der Waals surface area contributed by atoms with Gasteiger partial charge in [0.1, 0.15) is 11.8 Å². The first kappa shape index (κ1) is 19.1. The van der Waals surface area contributed by atoms with Gasteiger partial charge >= 0.3 is 5.91 Å². The summed E-state index contributed by atoms with van der Waals surface area (Å²) in [5.41, 5.74) is 5.35. The fraction of sp³-hybridized carbons (Fsp3) is 0.474. The first-order chi connectivity index (χ1) is 11.6. The molecular weight excluding hydrogens is 340 g/mol. The highest BCUT2D eigenvalue weighted by Gasteiger charge is 2.38. The number of anilines is 1. The van der Waals surface area contributed by atoms with Crippen molar-refractivity contribution in [3.05, 3.63) is 23.2 Å². The largest absolute Gasteiger partial charge is 0.492 e. The van der Waals surface area contributed by atoms with Crippen molar-refractivity contribution < 1.29 is 14.3 Å². The van der Waals surface area contributed by atoms with E-state index in [1.807, 2.05) is 20.8 Å². The Kier molecular flexibility index (Phi) is 5.64. The van der Waals surface area contributed by atoms with E-state index in [2.05, 4.69) is 5.92 Å². The summed E-state index contributed by atoms with van der Waals surface area (Å²) in [6, 6.07) is 3.99. The number of benzene rings is 1. The lowest BCUT2D eigenvalue weighted by molar-refractivity contribution is -0.124. The van der Waals surface area contributed by atoms with Crippen LogP contribution in [0.25, 0.3) is 0 Å². The topological polar surface area (TPSA) is 72.6 Å². The monoisotopic (exact) mass is 362 g/mol. The molecule has 1 aliphatic rings. The second-order valence-corrected chi connectivity index (χ2v) is 7.77. The molecule has 134 valence electrons.